The predicted octanol–water partition coefficient (Wildman–Crippen LogP) is 0.597. The highest BCUT2D eigenvalue weighted by atomic mass is 16.3. The van der Waals surface area contributed by atoms with Crippen LogP contribution in [0.5, 0.6) is 0 Å². The van der Waals surface area contributed by atoms with E-state index < -0.39 is 0 Å². The summed E-state index contributed by atoms with van der Waals surface area (Å²) in [6, 6.07) is 8.72. The number of amides is 1. The molecule has 7 nitrogen and oxygen atoms in total. The quantitative estimate of drug-likeness (QED) is 0.411. The molecule has 29 heavy (non-hydrogen) atoms. The number of Topliss-reactive ketones (excluding diaryl/α,β-unsaturated/α-hetero) is 2. The van der Waals surface area contributed by atoms with Crippen LogP contribution in [0, 0.1) is 0 Å². The molecule has 2 heterocycles. The predicted molar refractivity (Wildman–Crippen MR) is 110 cm³/mol. The smallest absolute Gasteiger partial charge is 0.254 e. The highest BCUT2D eigenvalue weighted by Crippen LogP contribution is 2.15. The average molecular weight is 399 g/mol. The van der Waals surface area contributed by atoms with Crippen molar-refractivity contribution in [1.82, 2.24) is 14.7 Å². The number of carbonyl (C=O) groups is 3. The Morgan fingerprint density at radius 3 is 2.10 bits per heavy atom. The summed E-state index contributed by atoms with van der Waals surface area (Å²) in [5, 5.41) is 8.99. The third-order valence-electron chi connectivity index (χ3n) is 5.49. The standard InChI is InChI=1S/C22H29N3O4/c26-15-14-24-12-10-23(11-13-24)9-5-4-8-19-20(27)16-25(17-21(19)28)22(29)18-6-2-1-3-7-18/h1-3,6-8,26H,4-5,9-17H2. The van der Waals surface area contributed by atoms with Crippen LogP contribution in [-0.4, -0.2) is 96.2 Å². The van der Waals surface area contributed by atoms with Gasteiger partial charge in [0.05, 0.1) is 25.3 Å². The molecule has 0 aromatic heterocycles. The zero-order valence-electron chi connectivity index (χ0n) is 16.8. The Bertz CT molecular complexity index is 735. The van der Waals surface area contributed by atoms with Crippen LogP contribution in [0.3, 0.4) is 0 Å². The molecule has 2 saturated heterocycles. The molecule has 0 radical (unpaired) electrons. The maximum Gasteiger partial charge on any atom is 0.254 e. The van der Waals surface area contributed by atoms with Gasteiger partial charge in [-0.2, -0.15) is 0 Å². The molecule has 0 saturated carbocycles. The highest BCUT2D eigenvalue weighted by Gasteiger charge is 2.31. The SMILES string of the molecule is O=C1CN(C(=O)c2ccccc2)CC(=O)C1=CCCCN1CCN(CCO)CC1. The van der Waals surface area contributed by atoms with Gasteiger partial charge in [-0.15, -0.1) is 0 Å². The van der Waals surface area contributed by atoms with E-state index in [1.165, 1.54) is 4.90 Å². The van der Waals surface area contributed by atoms with E-state index in [1.807, 2.05) is 6.07 Å². The summed E-state index contributed by atoms with van der Waals surface area (Å²) >= 11 is 0. The molecule has 3 rings (SSSR count). The second kappa shape index (κ2) is 10.4. The van der Waals surface area contributed by atoms with E-state index in [2.05, 4.69) is 9.80 Å². The molecule has 156 valence electrons. The Labute approximate surface area is 171 Å². The largest absolute Gasteiger partial charge is 0.395 e. The Kier molecular flexibility index (Phi) is 7.69. The van der Waals surface area contributed by atoms with E-state index in [4.69, 9.17) is 5.11 Å². The summed E-state index contributed by atoms with van der Waals surface area (Å²) in [6.45, 7) is 5.65. The molecule has 0 bridgehead atoms. The van der Waals surface area contributed by atoms with Gasteiger partial charge in [0.2, 0.25) is 0 Å². The number of aliphatic hydroxyl groups is 1. The fourth-order valence-electron chi connectivity index (χ4n) is 3.80. The third-order valence-corrected chi connectivity index (χ3v) is 5.49. The molecule has 1 aromatic carbocycles. The number of hydrogen-bond acceptors (Lipinski definition) is 6. The van der Waals surface area contributed by atoms with Crippen LogP contribution in [0.2, 0.25) is 0 Å². The van der Waals surface area contributed by atoms with Crippen molar-refractivity contribution < 1.29 is 19.5 Å². The first-order valence-corrected chi connectivity index (χ1v) is 10.2. The monoisotopic (exact) mass is 399 g/mol. The summed E-state index contributed by atoms with van der Waals surface area (Å²) < 4.78 is 0. The van der Waals surface area contributed by atoms with Crippen molar-refractivity contribution in [3.63, 3.8) is 0 Å². The molecule has 1 aromatic rings. The van der Waals surface area contributed by atoms with Gasteiger partial charge in [0.25, 0.3) is 5.91 Å². The molecular weight excluding hydrogens is 370 g/mol. The van der Waals surface area contributed by atoms with Gasteiger partial charge in [0.15, 0.2) is 11.6 Å². The number of rotatable bonds is 7. The number of likely N-dealkylation sites (tertiary alicyclic amines) is 1. The number of allylic oxidation sites excluding steroid dienone is 1. The maximum atomic E-state index is 12.5. The fourth-order valence-corrected chi connectivity index (χ4v) is 3.80. The number of piperidine rings is 1. The zero-order valence-corrected chi connectivity index (χ0v) is 16.8. The van der Waals surface area contributed by atoms with Gasteiger partial charge in [-0.3, -0.25) is 19.3 Å². The van der Waals surface area contributed by atoms with Crippen molar-refractivity contribution in [1.29, 1.82) is 0 Å². The number of aliphatic hydroxyl groups excluding tert-OH is 1. The molecule has 1 N–H and O–H groups in total. The van der Waals surface area contributed by atoms with Crippen molar-refractivity contribution in [3.05, 3.63) is 47.5 Å². The second-order valence-electron chi connectivity index (χ2n) is 7.54. The number of hydrogen-bond donors (Lipinski definition) is 1. The number of unbranched alkanes of at least 4 members (excludes halogenated alkanes) is 1. The van der Waals surface area contributed by atoms with E-state index in [1.54, 1.807) is 30.3 Å². The van der Waals surface area contributed by atoms with E-state index in [-0.39, 0.29) is 42.7 Å². The number of ketones is 2. The molecule has 1 amide bonds. The molecule has 0 atom stereocenters. The molecular formula is C22H29N3O4. The number of nitrogens with zero attached hydrogens (tertiary/aromatic N) is 3. The summed E-state index contributed by atoms with van der Waals surface area (Å²) in [6.07, 6.45) is 3.31. The summed E-state index contributed by atoms with van der Waals surface area (Å²) in [5.41, 5.74) is 0.731. The van der Waals surface area contributed by atoms with E-state index >= 15 is 0 Å². The summed E-state index contributed by atoms with van der Waals surface area (Å²) in [7, 11) is 0. The molecule has 0 spiro atoms. The third kappa shape index (κ3) is 5.82. The lowest BCUT2D eigenvalue weighted by Crippen LogP contribution is -2.47. The first-order chi connectivity index (χ1) is 14.1. The summed E-state index contributed by atoms with van der Waals surface area (Å²) in [5.74, 6) is -0.835. The first-order valence-electron chi connectivity index (χ1n) is 10.2. The van der Waals surface area contributed by atoms with Gasteiger partial charge in [-0.1, -0.05) is 24.3 Å². The molecule has 2 fully saturated rings. The number of β-amino-alcohol motifs (C(OH)–C–C–N with tert-alkyl or cyclic N) is 1. The van der Waals surface area contributed by atoms with Crippen LogP contribution in [-0.2, 0) is 9.59 Å². The van der Waals surface area contributed by atoms with Crippen molar-refractivity contribution in [3.8, 4) is 0 Å². The van der Waals surface area contributed by atoms with E-state index in [0.717, 1.165) is 45.7 Å². The van der Waals surface area contributed by atoms with Crippen molar-refractivity contribution >= 4 is 17.5 Å². The van der Waals surface area contributed by atoms with Crippen LogP contribution in [0.25, 0.3) is 0 Å². The molecule has 0 unspecified atom stereocenters. The lowest BCUT2D eigenvalue weighted by molar-refractivity contribution is -0.125. The Morgan fingerprint density at radius 1 is 0.931 bits per heavy atom. The lowest BCUT2D eigenvalue weighted by Gasteiger charge is -2.34. The molecule has 2 aliphatic rings. The molecule has 7 heteroatoms. The normalized spacial score (nSPS) is 18.9. The van der Waals surface area contributed by atoms with Gasteiger partial charge >= 0.3 is 0 Å². The Morgan fingerprint density at radius 2 is 1.52 bits per heavy atom. The van der Waals surface area contributed by atoms with Crippen LogP contribution < -0.4 is 0 Å². The summed E-state index contributed by atoms with van der Waals surface area (Å²) in [4.78, 5) is 43.3. The first kappa shape index (κ1) is 21.4. The Hall–Kier alpha value is -2.35. The van der Waals surface area contributed by atoms with E-state index in [0.29, 0.717) is 12.0 Å². The zero-order chi connectivity index (χ0) is 20.6. The topological polar surface area (TPSA) is 81.2 Å². The minimum atomic E-state index is -0.285. The van der Waals surface area contributed by atoms with Crippen LogP contribution in [0.1, 0.15) is 23.2 Å². The maximum absolute atomic E-state index is 12.5. The van der Waals surface area contributed by atoms with Gasteiger partial charge in [0.1, 0.15) is 0 Å². The van der Waals surface area contributed by atoms with Gasteiger partial charge in [0, 0.05) is 38.3 Å². The fraction of sp³-hybridized carbons (Fsp3) is 0.500. The van der Waals surface area contributed by atoms with Crippen molar-refractivity contribution in [2.45, 2.75) is 12.8 Å². The number of carbonyl (C=O) groups excluding carboxylic acids is 3. The second-order valence-corrected chi connectivity index (χ2v) is 7.54. The average Bonchev–Trinajstić information content (AvgIpc) is 2.74. The van der Waals surface area contributed by atoms with Gasteiger partial charge in [-0.25, -0.2) is 0 Å². The number of piperazine rings is 1. The molecule has 2 aliphatic heterocycles. The van der Waals surface area contributed by atoms with Crippen molar-refractivity contribution in [2.75, 3.05) is 59.0 Å². The van der Waals surface area contributed by atoms with Crippen LogP contribution >= 0.6 is 0 Å². The minimum absolute atomic E-state index is 0.0435. The molecule has 0 aliphatic carbocycles. The van der Waals surface area contributed by atoms with E-state index in [9.17, 15) is 14.4 Å². The van der Waals surface area contributed by atoms with Gasteiger partial charge in [-0.05, 0) is 31.5 Å². The Balaban J connectivity index is 1.45. The van der Waals surface area contributed by atoms with Crippen molar-refractivity contribution in [2.24, 2.45) is 0 Å². The number of benzene rings is 1. The minimum Gasteiger partial charge on any atom is -0.395 e. The lowest BCUT2D eigenvalue weighted by atomic mass is 9.98. The highest BCUT2D eigenvalue weighted by molar-refractivity contribution is 6.24. The van der Waals surface area contributed by atoms with Crippen LogP contribution in [0.4, 0.5) is 0 Å². The van der Waals surface area contributed by atoms with Crippen LogP contribution in [0.15, 0.2) is 42.0 Å². The van der Waals surface area contributed by atoms with Gasteiger partial charge < -0.3 is 14.9 Å².